The van der Waals surface area contributed by atoms with Crippen molar-refractivity contribution in [2.24, 2.45) is 11.3 Å². The number of carbonyl (C=O) groups is 2. The van der Waals surface area contributed by atoms with Gasteiger partial charge in [-0.05, 0) is 29.5 Å². The number of halogens is 1. The number of nitrogens with one attached hydrogen (secondary N) is 1. The van der Waals surface area contributed by atoms with Crippen molar-refractivity contribution < 1.29 is 19.4 Å². The van der Waals surface area contributed by atoms with E-state index in [1.54, 1.807) is 12.1 Å². The zero-order chi connectivity index (χ0) is 15.8. The largest absolute Gasteiger partial charge is 0.495 e. The second kappa shape index (κ2) is 5.56. The van der Waals surface area contributed by atoms with Crippen LogP contribution in [0.25, 0.3) is 0 Å². The van der Waals surface area contributed by atoms with Gasteiger partial charge in [-0.3, -0.25) is 4.79 Å². The van der Waals surface area contributed by atoms with Gasteiger partial charge in [-0.25, -0.2) is 4.79 Å². The molecule has 2 N–H and O–H groups in total. The number of benzene rings is 1. The molecule has 0 saturated heterocycles. The highest BCUT2D eigenvalue weighted by molar-refractivity contribution is 6.32. The zero-order valence-corrected chi connectivity index (χ0v) is 12.9. The van der Waals surface area contributed by atoms with Gasteiger partial charge in [0.25, 0.3) is 0 Å². The van der Waals surface area contributed by atoms with E-state index >= 15 is 0 Å². The fourth-order valence-electron chi connectivity index (χ4n) is 2.31. The first-order chi connectivity index (χ1) is 9.76. The molecule has 0 spiro atoms. The molecule has 0 heterocycles. The maximum absolute atomic E-state index is 12.1. The molecule has 1 aromatic rings. The molecule has 114 valence electrons. The second-order valence-electron chi connectivity index (χ2n) is 5.92. The van der Waals surface area contributed by atoms with Crippen LogP contribution in [0.3, 0.4) is 0 Å². The van der Waals surface area contributed by atoms with E-state index in [1.807, 2.05) is 13.8 Å². The predicted molar refractivity (Wildman–Crippen MR) is 78.4 cm³/mol. The summed E-state index contributed by atoms with van der Waals surface area (Å²) in [4.78, 5) is 23.5. The van der Waals surface area contributed by atoms with Crippen LogP contribution in [0, 0.1) is 11.3 Å². The molecule has 2 atom stereocenters. The van der Waals surface area contributed by atoms with Crippen LogP contribution < -0.4 is 10.1 Å². The molecule has 2 rings (SSSR count). The SMILES string of the molecule is COc1ccc(C(NC(=O)[C@H]2CC2(C)C)C(=O)O)cc1Cl. The van der Waals surface area contributed by atoms with E-state index in [9.17, 15) is 14.7 Å². The number of methoxy groups -OCH3 is 1. The summed E-state index contributed by atoms with van der Waals surface area (Å²) < 4.78 is 5.03. The van der Waals surface area contributed by atoms with Gasteiger partial charge in [0.2, 0.25) is 5.91 Å². The molecule has 0 bridgehead atoms. The highest BCUT2D eigenvalue weighted by Crippen LogP contribution is 2.51. The third kappa shape index (κ3) is 3.29. The first kappa shape index (κ1) is 15.6. The maximum Gasteiger partial charge on any atom is 0.330 e. The van der Waals surface area contributed by atoms with E-state index in [0.29, 0.717) is 16.3 Å². The number of hydrogen-bond donors (Lipinski definition) is 2. The van der Waals surface area contributed by atoms with Gasteiger partial charge in [0.15, 0.2) is 6.04 Å². The van der Waals surface area contributed by atoms with Crippen LogP contribution in [0.4, 0.5) is 0 Å². The monoisotopic (exact) mass is 311 g/mol. The number of ether oxygens (including phenoxy) is 1. The molecule has 1 aliphatic rings. The van der Waals surface area contributed by atoms with Gasteiger partial charge >= 0.3 is 5.97 Å². The van der Waals surface area contributed by atoms with Crippen LogP contribution in [0.2, 0.25) is 5.02 Å². The number of carboxylic acid groups (broad SMARTS) is 1. The highest BCUT2D eigenvalue weighted by atomic mass is 35.5. The Kier molecular flexibility index (Phi) is 4.14. The van der Waals surface area contributed by atoms with Crippen molar-refractivity contribution in [3.63, 3.8) is 0 Å². The van der Waals surface area contributed by atoms with Gasteiger partial charge in [0.1, 0.15) is 5.75 Å². The van der Waals surface area contributed by atoms with Crippen LogP contribution in [0.1, 0.15) is 31.9 Å². The van der Waals surface area contributed by atoms with Crippen molar-refractivity contribution in [2.45, 2.75) is 26.3 Å². The first-order valence-electron chi connectivity index (χ1n) is 6.63. The first-order valence-corrected chi connectivity index (χ1v) is 7.00. The van der Waals surface area contributed by atoms with E-state index in [1.165, 1.54) is 13.2 Å². The molecule has 0 radical (unpaired) electrons. The summed E-state index contributed by atoms with van der Waals surface area (Å²) in [6.45, 7) is 3.97. The van der Waals surface area contributed by atoms with E-state index in [2.05, 4.69) is 5.32 Å². The summed E-state index contributed by atoms with van der Waals surface area (Å²) in [7, 11) is 1.48. The van der Waals surface area contributed by atoms with Gasteiger partial charge in [-0.1, -0.05) is 31.5 Å². The molecule has 0 aliphatic heterocycles. The van der Waals surface area contributed by atoms with E-state index in [4.69, 9.17) is 16.3 Å². The van der Waals surface area contributed by atoms with E-state index in [0.717, 1.165) is 6.42 Å². The van der Waals surface area contributed by atoms with Crippen molar-refractivity contribution in [3.8, 4) is 5.75 Å². The molecule has 21 heavy (non-hydrogen) atoms. The smallest absolute Gasteiger partial charge is 0.330 e. The lowest BCUT2D eigenvalue weighted by Gasteiger charge is -2.16. The molecule has 1 amide bonds. The lowest BCUT2D eigenvalue weighted by molar-refractivity contribution is -0.142. The van der Waals surface area contributed by atoms with Crippen LogP contribution in [-0.2, 0) is 9.59 Å². The topological polar surface area (TPSA) is 75.6 Å². The minimum Gasteiger partial charge on any atom is -0.495 e. The van der Waals surface area contributed by atoms with Crippen molar-refractivity contribution >= 4 is 23.5 Å². The Morgan fingerprint density at radius 3 is 2.52 bits per heavy atom. The lowest BCUT2D eigenvalue weighted by Crippen LogP contribution is -2.35. The Hall–Kier alpha value is -1.75. The van der Waals surface area contributed by atoms with Crippen LogP contribution in [0.15, 0.2) is 18.2 Å². The molecule has 1 aliphatic carbocycles. The van der Waals surface area contributed by atoms with Crippen molar-refractivity contribution in [1.29, 1.82) is 0 Å². The predicted octanol–water partition coefficient (Wildman–Crippen LogP) is 2.64. The maximum atomic E-state index is 12.1. The molecule has 5 nitrogen and oxygen atoms in total. The van der Waals surface area contributed by atoms with E-state index < -0.39 is 12.0 Å². The normalized spacial score (nSPS) is 20.5. The van der Waals surface area contributed by atoms with Crippen molar-refractivity contribution in [2.75, 3.05) is 7.11 Å². The summed E-state index contributed by atoms with van der Waals surface area (Å²) in [5.41, 5.74) is 0.366. The fraction of sp³-hybridized carbons (Fsp3) is 0.467. The van der Waals surface area contributed by atoms with Gasteiger partial charge < -0.3 is 15.2 Å². The number of hydrogen-bond acceptors (Lipinski definition) is 3. The highest BCUT2D eigenvalue weighted by Gasteiger charge is 2.51. The molecular formula is C15H18ClNO4. The third-order valence-electron chi connectivity index (χ3n) is 3.87. The number of carbonyl (C=O) groups excluding carboxylic acids is 1. The van der Waals surface area contributed by atoms with Crippen molar-refractivity contribution in [3.05, 3.63) is 28.8 Å². The van der Waals surface area contributed by atoms with Gasteiger partial charge in [0, 0.05) is 5.92 Å². The van der Waals surface area contributed by atoms with Gasteiger partial charge in [0.05, 0.1) is 12.1 Å². The van der Waals surface area contributed by atoms with Gasteiger partial charge in [-0.15, -0.1) is 0 Å². The summed E-state index contributed by atoms with van der Waals surface area (Å²) >= 11 is 6.00. The molecule has 1 aromatic carbocycles. The number of rotatable bonds is 5. The van der Waals surface area contributed by atoms with Crippen molar-refractivity contribution in [1.82, 2.24) is 5.32 Å². The number of amides is 1. The molecule has 1 saturated carbocycles. The molecule has 1 unspecified atom stereocenters. The van der Waals surface area contributed by atoms with Gasteiger partial charge in [-0.2, -0.15) is 0 Å². The van der Waals surface area contributed by atoms with Crippen LogP contribution in [0.5, 0.6) is 5.75 Å². The lowest BCUT2D eigenvalue weighted by atomic mass is 10.1. The second-order valence-corrected chi connectivity index (χ2v) is 6.33. The molecule has 0 aromatic heterocycles. The Morgan fingerprint density at radius 1 is 1.48 bits per heavy atom. The fourth-order valence-corrected chi connectivity index (χ4v) is 2.57. The average molecular weight is 312 g/mol. The number of aliphatic carboxylic acids is 1. The summed E-state index contributed by atoms with van der Waals surface area (Å²) in [6.07, 6.45) is 0.772. The Bertz CT molecular complexity index is 585. The molecule has 6 heteroatoms. The Labute approximate surface area is 128 Å². The van der Waals surface area contributed by atoms with Crippen LogP contribution in [-0.4, -0.2) is 24.1 Å². The zero-order valence-electron chi connectivity index (χ0n) is 12.1. The summed E-state index contributed by atoms with van der Waals surface area (Å²) in [5.74, 6) is -1.03. The number of carboxylic acids is 1. The standard InChI is InChI=1S/C15H18ClNO4/c1-15(2)7-9(15)13(18)17-12(14(19)20)8-4-5-11(21-3)10(16)6-8/h4-6,9,12H,7H2,1-3H3,(H,17,18)(H,19,20)/t9-,12?/m1/s1. The Balaban J connectivity index is 2.18. The quantitative estimate of drug-likeness (QED) is 0.876. The minimum absolute atomic E-state index is 0.0509. The average Bonchev–Trinajstić information content (AvgIpc) is 3.04. The molecule has 1 fully saturated rings. The summed E-state index contributed by atoms with van der Waals surface area (Å²) in [6, 6.07) is 3.55. The Morgan fingerprint density at radius 2 is 2.10 bits per heavy atom. The van der Waals surface area contributed by atoms with E-state index in [-0.39, 0.29) is 17.2 Å². The third-order valence-corrected chi connectivity index (χ3v) is 4.17. The summed E-state index contributed by atoms with van der Waals surface area (Å²) in [5, 5.41) is 12.2. The molecular weight excluding hydrogens is 294 g/mol. The van der Waals surface area contributed by atoms with Crippen LogP contribution >= 0.6 is 11.6 Å². The minimum atomic E-state index is -1.12.